The number of amides is 1. The van der Waals surface area contributed by atoms with E-state index in [1.165, 1.54) is 6.92 Å². The SMILES string of the molecule is Cc1cccc(Cn2nc(C)cc2NC(=O)[C@@H](C)NS(C)(=O)=O)c1. The van der Waals surface area contributed by atoms with Gasteiger partial charge >= 0.3 is 0 Å². The molecule has 0 unspecified atom stereocenters. The van der Waals surface area contributed by atoms with Gasteiger partial charge in [-0.2, -0.15) is 5.10 Å². The molecule has 1 aromatic carbocycles. The Hall–Kier alpha value is -2.19. The number of carbonyl (C=O) groups excluding carboxylic acids is 1. The van der Waals surface area contributed by atoms with E-state index in [1.54, 1.807) is 10.7 Å². The van der Waals surface area contributed by atoms with Gasteiger partial charge < -0.3 is 5.32 Å². The van der Waals surface area contributed by atoms with E-state index in [4.69, 9.17) is 0 Å². The molecular weight excluding hydrogens is 328 g/mol. The molecular formula is C16H22N4O3S. The fourth-order valence-corrected chi connectivity index (χ4v) is 3.11. The van der Waals surface area contributed by atoms with Gasteiger partial charge in [-0.05, 0) is 26.3 Å². The number of aryl methyl sites for hydroxylation is 2. The van der Waals surface area contributed by atoms with Crippen LogP contribution in [0.3, 0.4) is 0 Å². The standard InChI is InChI=1S/C16H22N4O3S/c1-11-6-5-7-14(8-11)10-20-15(9-12(2)18-20)17-16(21)13(3)19-24(4,22)23/h5-9,13,19H,10H2,1-4H3,(H,17,21)/t13-/m1/s1. The molecule has 0 aliphatic rings. The zero-order chi connectivity index (χ0) is 17.9. The molecule has 2 aromatic rings. The largest absolute Gasteiger partial charge is 0.310 e. The molecule has 0 fully saturated rings. The number of aromatic nitrogens is 2. The first kappa shape index (κ1) is 18.2. The van der Waals surface area contributed by atoms with E-state index < -0.39 is 22.0 Å². The summed E-state index contributed by atoms with van der Waals surface area (Å²) in [5.74, 6) is 0.0898. The normalized spacial score (nSPS) is 12.8. The summed E-state index contributed by atoms with van der Waals surface area (Å²) in [6, 6.07) is 8.90. The molecule has 130 valence electrons. The average Bonchev–Trinajstić information content (AvgIpc) is 2.76. The van der Waals surface area contributed by atoms with Gasteiger partial charge in [0.05, 0.1) is 24.5 Å². The summed E-state index contributed by atoms with van der Waals surface area (Å²) in [5.41, 5.74) is 2.98. The minimum Gasteiger partial charge on any atom is -0.310 e. The number of carbonyl (C=O) groups is 1. The molecule has 0 aliphatic heterocycles. The van der Waals surface area contributed by atoms with Crippen LogP contribution in [-0.2, 0) is 21.4 Å². The minimum atomic E-state index is -3.45. The molecule has 2 rings (SSSR count). The highest BCUT2D eigenvalue weighted by atomic mass is 32.2. The van der Waals surface area contributed by atoms with Gasteiger partial charge in [0.15, 0.2) is 0 Å². The number of sulfonamides is 1. The molecule has 1 atom stereocenters. The van der Waals surface area contributed by atoms with Gasteiger partial charge in [-0.15, -0.1) is 0 Å². The Morgan fingerprint density at radius 3 is 2.62 bits per heavy atom. The van der Waals surface area contributed by atoms with Crippen LogP contribution in [0.25, 0.3) is 0 Å². The molecule has 2 N–H and O–H groups in total. The topological polar surface area (TPSA) is 93.1 Å². The molecule has 8 heteroatoms. The smallest absolute Gasteiger partial charge is 0.243 e. The van der Waals surface area contributed by atoms with Crippen LogP contribution in [0.2, 0.25) is 0 Å². The second kappa shape index (κ2) is 7.14. The third-order valence-corrected chi connectivity index (χ3v) is 4.13. The van der Waals surface area contributed by atoms with Crippen LogP contribution in [0.4, 0.5) is 5.82 Å². The van der Waals surface area contributed by atoms with Gasteiger partial charge in [-0.3, -0.25) is 4.79 Å². The summed E-state index contributed by atoms with van der Waals surface area (Å²) in [7, 11) is -3.45. The summed E-state index contributed by atoms with van der Waals surface area (Å²) in [6.07, 6.45) is 1.02. The van der Waals surface area contributed by atoms with Crippen molar-refractivity contribution in [1.82, 2.24) is 14.5 Å². The maximum Gasteiger partial charge on any atom is 0.243 e. The first-order chi connectivity index (χ1) is 11.1. The highest BCUT2D eigenvalue weighted by Crippen LogP contribution is 2.14. The lowest BCUT2D eigenvalue weighted by atomic mass is 10.1. The van der Waals surface area contributed by atoms with Crippen LogP contribution >= 0.6 is 0 Å². The van der Waals surface area contributed by atoms with Crippen molar-refractivity contribution < 1.29 is 13.2 Å². The molecule has 0 bridgehead atoms. The predicted molar refractivity (Wildman–Crippen MR) is 93.3 cm³/mol. The van der Waals surface area contributed by atoms with Crippen molar-refractivity contribution in [1.29, 1.82) is 0 Å². The number of hydrogen-bond donors (Lipinski definition) is 2. The average molecular weight is 350 g/mol. The second-order valence-electron chi connectivity index (χ2n) is 5.92. The Kier molecular flexibility index (Phi) is 5.40. The lowest BCUT2D eigenvalue weighted by Gasteiger charge is -2.14. The summed E-state index contributed by atoms with van der Waals surface area (Å²) in [5, 5.41) is 7.11. The summed E-state index contributed by atoms with van der Waals surface area (Å²) in [6.45, 7) is 5.85. The highest BCUT2D eigenvalue weighted by Gasteiger charge is 2.19. The number of nitrogens with zero attached hydrogens (tertiary/aromatic N) is 2. The molecule has 1 amide bonds. The van der Waals surface area contributed by atoms with Crippen LogP contribution in [0.5, 0.6) is 0 Å². The zero-order valence-corrected chi connectivity index (χ0v) is 15.0. The van der Waals surface area contributed by atoms with Crippen molar-refractivity contribution in [3.8, 4) is 0 Å². The minimum absolute atomic E-state index is 0.439. The fourth-order valence-electron chi connectivity index (χ4n) is 2.36. The molecule has 24 heavy (non-hydrogen) atoms. The summed E-state index contributed by atoms with van der Waals surface area (Å²) in [4.78, 5) is 12.2. The molecule has 0 saturated carbocycles. The van der Waals surface area contributed by atoms with E-state index in [9.17, 15) is 13.2 Å². The Balaban J connectivity index is 2.15. The lowest BCUT2D eigenvalue weighted by molar-refractivity contribution is -0.117. The van der Waals surface area contributed by atoms with E-state index >= 15 is 0 Å². The van der Waals surface area contributed by atoms with E-state index in [2.05, 4.69) is 21.2 Å². The number of rotatable bonds is 6. The maximum atomic E-state index is 12.2. The van der Waals surface area contributed by atoms with Crippen LogP contribution in [-0.4, -0.2) is 36.4 Å². The number of anilines is 1. The van der Waals surface area contributed by atoms with Crippen molar-refractivity contribution >= 4 is 21.7 Å². The number of hydrogen-bond acceptors (Lipinski definition) is 4. The summed E-state index contributed by atoms with van der Waals surface area (Å²) < 4.78 is 26.4. The Morgan fingerprint density at radius 2 is 2.00 bits per heavy atom. The van der Waals surface area contributed by atoms with Crippen LogP contribution in [0.15, 0.2) is 30.3 Å². The monoisotopic (exact) mass is 350 g/mol. The van der Waals surface area contributed by atoms with Gasteiger partial charge in [-0.1, -0.05) is 29.8 Å². The first-order valence-corrected chi connectivity index (χ1v) is 9.41. The quantitative estimate of drug-likeness (QED) is 0.824. The van der Waals surface area contributed by atoms with Crippen molar-refractivity contribution in [3.63, 3.8) is 0 Å². The molecule has 0 aliphatic carbocycles. The predicted octanol–water partition coefficient (Wildman–Crippen LogP) is 1.42. The Bertz CT molecular complexity index is 843. The van der Waals surface area contributed by atoms with E-state index in [0.717, 1.165) is 23.1 Å². The van der Waals surface area contributed by atoms with Crippen molar-refractivity contribution in [3.05, 3.63) is 47.2 Å². The lowest BCUT2D eigenvalue weighted by Crippen LogP contribution is -2.41. The number of benzene rings is 1. The zero-order valence-electron chi connectivity index (χ0n) is 14.2. The Morgan fingerprint density at radius 1 is 1.29 bits per heavy atom. The van der Waals surface area contributed by atoms with Gasteiger partial charge in [-0.25, -0.2) is 17.8 Å². The molecule has 0 saturated heterocycles. The van der Waals surface area contributed by atoms with Crippen molar-refractivity contribution in [2.75, 3.05) is 11.6 Å². The molecule has 0 spiro atoms. The van der Waals surface area contributed by atoms with Crippen LogP contribution in [0, 0.1) is 13.8 Å². The molecule has 1 aromatic heterocycles. The molecule has 1 heterocycles. The fraction of sp³-hybridized carbons (Fsp3) is 0.375. The van der Waals surface area contributed by atoms with Crippen molar-refractivity contribution in [2.24, 2.45) is 0 Å². The summed E-state index contributed by atoms with van der Waals surface area (Å²) >= 11 is 0. The van der Waals surface area contributed by atoms with Crippen molar-refractivity contribution in [2.45, 2.75) is 33.4 Å². The van der Waals surface area contributed by atoms with E-state index in [-0.39, 0.29) is 0 Å². The third kappa shape index (κ3) is 5.17. The maximum absolute atomic E-state index is 12.2. The highest BCUT2D eigenvalue weighted by molar-refractivity contribution is 7.88. The van der Waals surface area contributed by atoms with Gasteiger partial charge in [0.2, 0.25) is 15.9 Å². The van der Waals surface area contributed by atoms with Crippen LogP contribution in [0.1, 0.15) is 23.7 Å². The van der Waals surface area contributed by atoms with Crippen LogP contribution < -0.4 is 10.0 Å². The molecule has 7 nitrogen and oxygen atoms in total. The molecule has 0 radical (unpaired) electrons. The van der Waals surface area contributed by atoms with E-state index in [1.807, 2.05) is 32.0 Å². The van der Waals surface area contributed by atoms with E-state index in [0.29, 0.717) is 12.4 Å². The van der Waals surface area contributed by atoms with Gasteiger partial charge in [0.25, 0.3) is 0 Å². The Labute approximate surface area is 142 Å². The number of nitrogens with one attached hydrogen (secondary N) is 2. The second-order valence-corrected chi connectivity index (χ2v) is 7.70. The van der Waals surface area contributed by atoms with Gasteiger partial charge in [0, 0.05) is 6.07 Å². The third-order valence-electron chi connectivity index (χ3n) is 3.35. The van der Waals surface area contributed by atoms with Gasteiger partial charge in [0.1, 0.15) is 5.82 Å². The first-order valence-electron chi connectivity index (χ1n) is 7.52.